The minimum absolute atomic E-state index is 0.0432. The van der Waals surface area contributed by atoms with E-state index in [2.05, 4.69) is 55.9 Å². The van der Waals surface area contributed by atoms with E-state index in [-0.39, 0.29) is 29.6 Å². The number of rotatable bonds is 15. The number of thioether (sulfide) groups is 2. The molecule has 0 unspecified atom stereocenters. The fraction of sp³-hybridized carbons (Fsp3) is 0.500. The number of ether oxygens (including phenoxy) is 1. The molecule has 10 nitrogen and oxygen atoms in total. The van der Waals surface area contributed by atoms with Crippen LogP contribution in [-0.2, 0) is 17.9 Å². The zero-order valence-electron chi connectivity index (χ0n) is 28.5. The molecule has 3 aromatic rings. The highest BCUT2D eigenvalue weighted by atomic mass is 32.2. The van der Waals surface area contributed by atoms with Gasteiger partial charge >= 0.3 is 6.03 Å². The van der Waals surface area contributed by atoms with Crippen LogP contribution in [0.15, 0.2) is 52.3 Å². The van der Waals surface area contributed by atoms with Crippen molar-refractivity contribution in [2.45, 2.75) is 93.6 Å². The lowest BCUT2D eigenvalue weighted by atomic mass is 10.0. The van der Waals surface area contributed by atoms with Gasteiger partial charge in [0.25, 0.3) is 5.56 Å². The monoisotopic (exact) mass is 723 g/mol. The van der Waals surface area contributed by atoms with Crippen molar-refractivity contribution in [3.05, 3.63) is 67.8 Å². The highest BCUT2D eigenvalue weighted by molar-refractivity contribution is 8.08. The second kappa shape index (κ2) is 16.5. The molecule has 0 aliphatic carbocycles. The van der Waals surface area contributed by atoms with Crippen molar-refractivity contribution >= 4 is 63.6 Å². The van der Waals surface area contributed by atoms with Crippen molar-refractivity contribution in [1.82, 2.24) is 20.5 Å². The number of aryl methyl sites for hydroxylation is 1. The molecule has 3 atom stereocenters. The fourth-order valence-corrected chi connectivity index (χ4v) is 10.7. The van der Waals surface area contributed by atoms with Gasteiger partial charge in [-0.3, -0.25) is 14.2 Å². The lowest BCUT2D eigenvalue weighted by Crippen LogP contribution is -2.38. The van der Waals surface area contributed by atoms with Crippen molar-refractivity contribution in [2.24, 2.45) is 0 Å². The van der Waals surface area contributed by atoms with E-state index in [1.165, 1.54) is 0 Å². The molecule has 0 saturated carbocycles. The Balaban J connectivity index is 0.962. The summed E-state index contributed by atoms with van der Waals surface area (Å²) in [5.41, 5.74) is 2.17. The van der Waals surface area contributed by atoms with Gasteiger partial charge in [0.15, 0.2) is 6.20 Å². The van der Waals surface area contributed by atoms with Gasteiger partial charge in [-0.2, -0.15) is 16.3 Å². The van der Waals surface area contributed by atoms with Crippen LogP contribution in [-0.4, -0.2) is 60.3 Å². The van der Waals surface area contributed by atoms with E-state index in [1.54, 1.807) is 30.2 Å². The number of aromatic nitrogens is 2. The molecule has 3 N–H and O–H groups in total. The number of carbonyl (C=O) groups is 2. The van der Waals surface area contributed by atoms with E-state index in [0.717, 1.165) is 100 Å². The van der Waals surface area contributed by atoms with Crippen LogP contribution in [0.4, 0.5) is 10.5 Å². The Hall–Kier alpha value is -3.42. The lowest BCUT2D eigenvalue weighted by Gasteiger charge is -2.16. The van der Waals surface area contributed by atoms with Crippen LogP contribution in [0.25, 0.3) is 11.1 Å². The van der Waals surface area contributed by atoms with E-state index >= 15 is 0 Å². The molecular weight excluding hydrogens is 677 g/mol. The van der Waals surface area contributed by atoms with Crippen molar-refractivity contribution in [3.8, 4) is 5.75 Å². The van der Waals surface area contributed by atoms with Crippen molar-refractivity contribution < 1.29 is 18.9 Å². The van der Waals surface area contributed by atoms with E-state index in [1.807, 2.05) is 48.5 Å². The molecule has 3 amide bonds. The standard InChI is InChI=1S/C36H46N6O4S3/c1-4-42-31(49-33(34(42)44)35-40(2)27-22-25(46-3)16-17-28(27)48-35)21-24-13-9-12-20-41(24)19-11-6-5-10-18-37-30(43)15-8-7-14-29-32-26(23-47-29)38-36(45)39-32/h9,12-13,16-17,20-22,26,29,32H,4-8,10-11,14-15,18-19,23H2,1-3H3,(H2-,37,38,39,43,45)/p+1/b35-33+/t26-,29-,32-/m0/s1. The summed E-state index contributed by atoms with van der Waals surface area (Å²) in [5, 5.41) is 10.5. The van der Waals surface area contributed by atoms with Gasteiger partial charge in [-0.15, -0.1) is 11.3 Å². The number of hydrogen-bond acceptors (Lipinski definition) is 8. The van der Waals surface area contributed by atoms with Crippen molar-refractivity contribution in [1.29, 1.82) is 0 Å². The van der Waals surface area contributed by atoms with E-state index < -0.39 is 0 Å². The summed E-state index contributed by atoms with van der Waals surface area (Å²) in [7, 11) is 3.68. The maximum absolute atomic E-state index is 13.6. The summed E-state index contributed by atoms with van der Waals surface area (Å²) in [4.78, 5) is 40.7. The van der Waals surface area contributed by atoms with Crippen LogP contribution in [0.1, 0.15) is 64.0 Å². The van der Waals surface area contributed by atoms with Crippen LogP contribution >= 0.6 is 34.9 Å². The Labute approximate surface area is 300 Å². The average Bonchev–Trinajstić information content (AvgIpc) is 3.84. The molecule has 1 aromatic carbocycles. The maximum atomic E-state index is 13.6. The topological polar surface area (TPSA) is 109 Å². The van der Waals surface area contributed by atoms with Crippen LogP contribution in [0.3, 0.4) is 0 Å². The third-order valence-electron chi connectivity index (χ3n) is 9.44. The molecule has 13 heteroatoms. The molecule has 0 radical (unpaired) electrons. The zero-order chi connectivity index (χ0) is 34.3. The summed E-state index contributed by atoms with van der Waals surface area (Å²) in [6.45, 7) is 4.23. The minimum Gasteiger partial charge on any atom is -0.497 e. The molecule has 0 spiro atoms. The summed E-state index contributed by atoms with van der Waals surface area (Å²) in [5.74, 6) is 1.91. The number of benzene rings is 1. The smallest absolute Gasteiger partial charge is 0.315 e. The Morgan fingerprint density at radius 1 is 1.10 bits per heavy atom. The van der Waals surface area contributed by atoms with Gasteiger partial charge in [0.05, 0.1) is 24.9 Å². The Morgan fingerprint density at radius 3 is 2.80 bits per heavy atom. The quantitative estimate of drug-likeness (QED) is 0.125. The highest BCUT2D eigenvalue weighted by Gasteiger charge is 2.42. The molecule has 2 saturated heterocycles. The summed E-state index contributed by atoms with van der Waals surface area (Å²) in [6, 6.07) is 12.7. The SMILES string of the molecule is CCn1c(=O)/c(=C2\Sc3ccc(OC)cc3N2C)s/c1=C\c1cccc[n+]1CCCCCCNC(=O)CCCC[C@@H]1SC[C@@H]2NC(=O)N[C@@H]21. The van der Waals surface area contributed by atoms with E-state index in [0.29, 0.717) is 18.2 Å². The minimum atomic E-state index is -0.0461. The number of thiazole rings is 1. The third kappa shape index (κ3) is 8.32. The maximum Gasteiger partial charge on any atom is 0.315 e. The first-order chi connectivity index (χ1) is 23.9. The van der Waals surface area contributed by atoms with Crippen molar-refractivity contribution in [2.75, 3.05) is 31.4 Å². The van der Waals surface area contributed by atoms with Gasteiger partial charge in [-0.25, -0.2) is 4.79 Å². The predicted octanol–water partition coefficient (Wildman–Crippen LogP) is 3.76. The number of hydrogen-bond donors (Lipinski definition) is 3. The average molecular weight is 724 g/mol. The van der Waals surface area contributed by atoms with Gasteiger partial charge in [0, 0.05) is 73.2 Å². The number of methoxy groups -OCH3 is 1. The second-order valence-corrected chi connectivity index (χ2v) is 16.0. The number of amides is 3. The highest BCUT2D eigenvalue weighted by Crippen LogP contribution is 2.46. The molecule has 3 aliphatic heterocycles. The largest absolute Gasteiger partial charge is 0.497 e. The Kier molecular flexibility index (Phi) is 11.9. The predicted molar refractivity (Wildman–Crippen MR) is 200 cm³/mol. The number of urea groups is 1. The number of unbranched alkanes of at least 4 members (excludes halogenated alkanes) is 4. The first-order valence-corrected chi connectivity index (χ1v) is 20.0. The molecule has 49 heavy (non-hydrogen) atoms. The molecule has 3 aliphatic rings. The van der Waals surface area contributed by atoms with Gasteiger partial charge in [-0.05, 0) is 50.8 Å². The molecule has 2 aromatic heterocycles. The third-order valence-corrected chi connectivity index (χ3v) is 13.4. The summed E-state index contributed by atoms with van der Waals surface area (Å²) >= 11 is 5.11. The normalized spacial score (nSPS) is 21.0. The molecule has 0 bridgehead atoms. The number of anilines is 1. The van der Waals surface area contributed by atoms with Crippen LogP contribution < -0.4 is 44.9 Å². The van der Waals surface area contributed by atoms with Crippen molar-refractivity contribution in [3.63, 3.8) is 0 Å². The lowest BCUT2D eigenvalue weighted by molar-refractivity contribution is -0.699. The number of fused-ring (bicyclic) bond motifs is 2. The number of nitrogens with one attached hydrogen (secondary N) is 3. The molecular formula is C36H47N6O4S3+. The first kappa shape index (κ1) is 35.4. The molecule has 5 heterocycles. The molecule has 2 fully saturated rings. The summed E-state index contributed by atoms with van der Waals surface area (Å²) < 4.78 is 11.3. The van der Waals surface area contributed by atoms with Crippen LogP contribution in [0.5, 0.6) is 5.75 Å². The number of pyridine rings is 1. The fourth-order valence-electron chi connectivity index (χ4n) is 6.72. The van der Waals surface area contributed by atoms with Crippen LogP contribution in [0.2, 0.25) is 0 Å². The zero-order valence-corrected chi connectivity index (χ0v) is 31.0. The van der Waals surface area contributed by atoms with Gasteiger partial charge in [0.1, 0.15) is 26.5 Å². The summed E-state index contributed by atoms with van der Waals surface area (Å²) in [6.07, 6.45) is 11.9. The molecule has 6 rings (SSSR count). The van der Waals surface area contributed by atoms with Gasteiger partial charge in [0.2, 0.25) is 11.6 Å². The van der Waals surface area contributed by atoms with Gasteiger partial charge < -0.3 is 25.6 Å². The molecule has 262 valence electrons. The Bertz CT molecular complexity index is 1840. The second-order valence-electron chi connectivity index (χ2n) is 12.7. The first-order valence-electron chi connectivity index (χ1n) is 17.4. The van der Waals surface area contributed by atoms with E-state index in [9.17, 15) is 14.4 Å². The van der Waals surface area contributed by atoms with E-state index in [4.69, 9.17) is 4.74 Å². The van der Waals surface area contributed by atoms with Crippen LogP contribution in [0, 0.1) is 0 Å². The Morgan fingerprint density at radius 2 is 1.96 bits per heavy atom. The number of nitrogens with zero attached hydrogens (tertiary/aromatic N) is 3. The van der Waals surface area contributed by atoms with Gasteiger partial charge in [-0.1, -0.05) is 24.6 Å². The number of carbonyl (C=O) groups excluding carboxylic acids is 2.